The van der Waals surface area contributed by atoms with Crippen LogP contribution in [-0.4, -0.2) is 43.0 Å². The number of thioether (sulfide) groups is 2. The van der Waals surface area contributed by atoms with Gasteiger partial charge in [-0.1, -0.05) is 41.6 Å². The normalized spacial score (nSPS) is 12.0. The lowest BCUT2D eigenvalue weighted by Crippen LogP contribution is -2.30. The number of halogens is 1. The van der Waals surface area contributed by atoms with Crippen molar-refractivity contribution in [2.24, 2.45) is 0 Å². The van der Waals surface area contributed by atoms with Gasteiger partial charge >= 0.3 is 0 Å². The van der Waals surface area contributed by atoms with Crippen molar-refractivity contribution in [1.82, 2.24) is 20.6 Å². The second-order valence-corrected chi connectivity index (χ2v) is 11.1. The number of nitrogens with one attached hydrogen (secondary N) is 2. The molecular formula is C22H25ClN4O3S3. The van der Waals surface area contributed by atoms with Crippen LogP contribution in [0, 0.1) is 0 Å². The van der Waals surface area contributed by atoms with E-state index in [1.807, 2.05) is 6.07 Å². The average Bonchev–Trinajstić information content (AvgIpc) is 3.33. The Labute approximate surface area is 207 Å². The third-order valence-electron chi connectivity index (χ3n) is 4.25. The van der Waals surface area contributed by atoms with Crippen LogP contribution in [0.4, 0.5) is 0 Å². The lowest BCUT2D eigenvalue weighted by atomic mass is 10.4. The first-order valence-corrected chi connectivity index (χ1v) is 14.3. The van der Waals surface area contributed by atoms with E-state index in [2.05, 4.69) is 20.6 Å². The highest BCUT2D eigenvalue weighted by atomic mass is 35.5. The summed E-state index contributed by atoms with van der Waals surface area (Å²) in [7, 11) is -3.58. The highest BCUT2D eigenvalue weighted by molar-refractivity contribution is 7.99. The molecule has 0 saturated heterocycles. The van der Waals surface area contributed by atoms with Crippen LogP contribution in [0.3, 0.4) is 0 Å². The molecule has 11 heteroatoms. The summed E-state index contributed by atoms with van der Waals surface area (Å²) < 4.78 is 30.8. The standard InChI is InChI=1S/C22H25ClN4O3S3/c23-19-8-4-9-24-20(19)16-31-15-12-26-21(17-33(28,29)18-6-2-1-3-7-18)25-10-5-14-32-22-27-11-13-30-22/h1-4,6-9,11,13,17,25-26H,5,10,12,14-16H2/b21-17+. The molecule has 2 N–H and O–H groups in total. The molecule has 0 unspecified atom stereocenters. The minimum Gasteiger partial charge on any atom is -0.440 e. The highest BCUT2D eigenvalue weighted by Crippen LogP contribution is 2.18. The summed E-state index contributed by atoms with van der Waals surface area (Å²) in [6.45, 7) is 1.19. The van der Waals surface area contributed by atoms with Gasteiger partial charge in [0.1, 0.15) is 12.1 Å². The van der Waals surface area contributed by atoms with Crippen molar-refractivity contribution in [3.8, 4) is 0 Å². The van der Waals surface area contributed by atoms with Gasteiger partial charge in [0.25, 0.3) is 5.22 Å². The first kappa shape index (κ1) is 25.5. The number of benzene rings is 1. The van der Waals surface area contributed by atoms with Crippen LogP contribution in [-0.2, 0) is 15.6 Å². The molecule has 7 nitrogen and oxygen atoms in total. The predicted octanol–water partition coefficient (Wildman–Crippen LogP) is 4.59. The zero-order valence-corrected chi connectivity index (χ0v) is 21.0. The van der Waals surface area contributed by atoms with E-state index < -0.39 is 9.84 Å². The Morgan fingerprint density at radius 3 is 2.61 bits per heavy atom. The second kappa shape index (κ2) is 13.5. The molecular weight excluding hydrogens is 500 g/mol. The number of nitrogens with zero attached hydrogens (tertiary/aromatic N) is 2. The molecule has 3 rings (SSSR count). The summed E-state index contributed by atoms with van der Waals surface area (Å²) in [4.78, 5) is 8.61. The molecule has 0 aliphatic carbocycles. The van der Waals surface area contributed by atoms with Gasteiger partial charge in [0.15, 0.2) is 0 Å². The first-order chi connectivity index (χ1) is 16.0. The van der Waals surface area contributed by atoms with E-state index >= 15 is 0 Å². The van der Waals surface area contributed by atoms with E-state index in [1.165, 1.54) is 17.2 Å². The number of rotatable bonds is 14. The van der Waals surface area contributed by atoms with Gasteiger partial charge in [-0.15, -0.1) is 0 Å². The summed E-state index contributed by atoms with van der Waals surface area (Å²) in [5.41, 5.74) is 0.841. The van der Waals surface area contributed by atoms with Gasteiger partial charge in [-0.2, -0.15) is 11.8 Å². The molecule has 0 radical (unpaired) electrons. The van der Waals surface area contributed by atoms with E-state index in [0.29, 0.717) is 34.9 Å². The average molecular weight is 525 g/mol. The molecule has 0 aliphatic rings. The molecule has 0 bridgehead atoms. The molecule has 0 spiro atoms. The lowest BCUT2D eigenvalue weighted by molar-refractivity contribution is 0.454. The van der Waals surface area contributed by atoms with Crippen LogP contribution < -0.4 is 10.6 Å². The first-order valence-electron chi connectivity index (χ1n) is 10.2. The number of hydrogen-bond donors (Lipinski definition) is 2. The van der Waals surface area contributed by atoms with Gasteiger partial charge in [-0.25, -0.2) is 13.4 Å². The Kier molecular flexibility index (Phi) is 10.5. The van der Waals surface area contributed by atoms with Crippen LogP contribution in [0.5, 0.6) is 0 Å². The molecule has 176 valence electrons. The fourth-order valence-corrected chi connectivity index (χ4v) is 5.62. The molecule has 1 aromatic carbocycles. The maximum atomic E-state index is 12.8. The van der Waals surface area contributed by atoms with Gasteiger partial charge in [0.05, 0.1) is 27.2 Å². The maximum Gasteiger partial charge on any atom is 0.255 e. The van der Waals surface area contributed by atoms with E-state index in [1.54, 1.807) is 66.8 Å². The van der Waals surface area contributed by atoms with E-state index in [9.17, 15) is 8.42 Å². The summed E-state index contributed by atoms with van der Waals surface area (Å²) in [6, 6.07) is 12.0. The summed E-state index contributed by atoms with van der Waals surface area (Å²) in [6.07, 6.45) is 5.68. The third kappa shape index (κ3) is 8.96. The second-order valence-electron chi connectivity index (χ2n) is 6.73. The summed E-state index contributed by atoms with van der Waals surface area (Å²) >= 11 is 9.33. The number of pyridine rings is 1. The van der Waals surface area contributed by atoms with Crippen LogP contribution in [0.25, 0.3) is 0 Å². The quantitative estimate of drug-likeness (QED) is 0.232. The van der Waals surface area contributed by atoms with E-state index in [4.69, 9.17) is 16.0 Å². The number of sulfone groups is 1. The molecule has 0 saturated carbocycles. The van der Waals surface area contributed by atoms with Crippen molar-refractivity contribution in [3.05, 3.63) is 83.1 Å². The Morgan fingerprint density at radius 1 is 1.03 bits per heavy atom. The number of aromatic nitrogens is 2. The Morgan fingerprint density at radius 2 is 1.85 bits per heavy atom. The van der Waals surface area contributed by atoms with E-state index in [-0.39, 0.29) is 4.90 Å². The van der Waals surface area contributed by atoms with Crippen molar-refractivity contribution >= 4 is 45.0 Å². The Hall–Kier alpha value is -2.14. The van der Waals surface area contributed by atoms with Crippen LogP contribution in [0.15, 0.2) is 86.9 Å². The fourth-order valence-electron chi connectivity index (χ4n) is 2.67. The molecule has 33 heavy (non-hydrogen) atoms. The Balaban J connectivity index is 1.52. The fraction of sp³-hybridized carbons (Fsp3) is 0.273. The minimum absolute atomic E-state index is 0.254. The number of oxazole rings is 1. The van der Waals surface area contributed by atoms with Gasteiger partial charge in [-0.3, -0.25) is 4.98 Å². The molecule has 2 aromatic heterocycles. The largest absolute Gasteiger partial charge is 0.440 e. The summed E-state index contributed by atoms with van der Waals surface area (Å²) in [5.74, 6) is 2.72. The van der Waals surface area contributed by atoms with Crippen molar-refractivity contribution in [3.63, 3.8) is 0 Å². The lowest BCUT2D eigenvalue weighted by Gasteiger charge is -2.14. The van der Waals surface area contributed by atoms with Crippen LogP contribution in [0.2, 0.25) is 5.02 Å². The number of hydrogen-bond acceptors (Lipinski definition) is 9. The van der Waals surface area contributed by atoms with Crippen molar-refractivity contribution in [2.45, 2.75) is 22.3 Å². The monoisotopic (exact) mass is 524 g/mol. The maximum absolute atomic E-state index is 12.8. The summed E-state index contributed by atoms with van der Waals surface area (Å²) in [5, 5.41) is 8.95. The third-order valence-corrected chi connectivity index (χ3v) is 7.98. The molecule has 0 atom stereocenters. The van der Waals surface area contributed by atoms with Gasteiger partial charge in [-0.05, 0) is 30.7 Å². The van der Waals surface area contributed by atoms with Gasteiger partial charge in [0, 0.05) is 36.5 Å². The zero-order chi connectivity index (χ0) is 23.4. The van der Waals surface area contributed by atoms with Crippen LogP contribution >= 0.6 is 35.1 Å². The molecule has 0 amide bonds. The zero-order valence-electron chi connectivity index (χ0n) is 17.8. The van der Waals surface area contributed by atoms with Crippen molar-refractivity contribution < 1.29 is 12.8 Å². The minimum atomic E-state index is -3.58. The smallest absolute Gasteiger partial charge is 0.255 e. The predicted molar refractivity (Wildman–Crippen MR) is 135 cm³/mol. The highest BCUT2D eigenvalue weighted by Gasteiger charge is 2.12. The topological polar surface area (TPSA) is 97.1 Å². The SMILES string of the molecule is O=S(=O)(/C=C(\NCCCSc1ncco1)NCCSCc1ncccc1Cl)c1ccccc1. The molecule has 3 aromatic rings. The van der Waals surface area contributed by atoms with Gasteiger partial charge in [0.2, 0.25) is 9.84 Å². The van der Waals surface area contributed by atoms with Gasteiger partial charge < -0.3 is 15.1 Å². The Bertz CT molecular complexity index is 1110. The molecule has 0 fully saturated rings. The molecule has 0 aliphatic heterocycles. The van der Waals surface area contributed by atoms with Crippen molar-refractivity contribution in [2.75, 3.05) is 24.6 Å². The van der Waals surface area contributed by atoms with Crippen molar-refractivity contribution in [1.29, 1.82) is 0 Å². The van der Waals surface area contributed by atoms with E-state index in [0.717, 1.165) is 23.6 Å². The molecule has 2 heterocycles. The van der Waals surface area contributed by atoms with Crippen LogP contribution in [0.1, 0.15) is 12.1 Å².